The predicted molar refractivity (Wildman–Crippen MR) is 52.3 cm³/mol. The summed E-state index contributed by atoms with van der Waals surface area (Å²) >= 11 is 0. The molecule has 0 aliphatic heterocycles. The molecule has 0 aliphatic carbocycles. The first-order valence-corrected chi connectivity index (χ1v) is 4.53. The summed E-state index contributed by atoms with van der Waals surface area (Å²) in [6.45, 7) is 2.04. The zero-order chi connectivity index (χ0) is 10.8. The number of carbonyl (C=O) groups is 1. The maximum atomic E-state index is 11.0. The highest BCUT2D eigenvalue weighted by molar-refractivity contribution is 5.93. The van der Waals surface area contributed by atoms with E-state index >= 15 is 0 Å². The SMILES string of the molecule is CC(=O)c1cnn(Cc2ncnn2C)c1. The zero-order valence-electron chi connectivity index (χ0n) is 8.58. The van der Waals surface area contributed by atoms with Crippen molar-refractivity contribution in [2.75, 3.05) is 0 Å². The largest absolute Gasteiger partial charge is 0.294 e. The summed E-state index contributed by atoms with van der Waals surface area (Å²) in [5, 5.41) is 8.02. The maximum absolute atomic E-state index is 11.0. The van der Waals surface area contributed by atoms with Crippen LogP contribution in [0.25, 0.3) is 0 Å². The van der Waals surface area contributed by atoms with E-state index < -0.39 is 0 Å². The third-order valence-corrected chi connectivity index (χ3v) is 2.15. The van der Waals surface area contributed by atoms with E-state index in [0.717, 1.165) is 5.82 Å². The molecule has 0 atom stereocenters. The van der Waals surface area contributed by atoms with E-state index in [1.807, 2.05) is 7.05 Å². The van der Waals surface area contributed by atoms with Gasteiger partial charge in [-0.2, -0.15) is 10.2 Å². The second-order valence-electron chi connectivity index (χ2n) is 3.28. The Balaban J connectivity index is 2.18. The second-order valence-corrected chi connectivity index (χ2v) is 3.28. The highest BCUT2D eigenvalue weighted by Crippen LogP contribution is 2.01. The molecule has 0 fully saturated rings. The van der Waals surface area contributed by atoms with Gasteiger partial charge in [-0.3, -0.25) is 14.2 Å². The minimum Gasteiger partial charge on any atom is -0.294 e. The summed E-state index contributed by atoms with van der Waals surface area (Å²) in [6, 6.07) is 0. The number of nitrogens with zero attached hydrogens (tertiary/aromatic N) is 5. The normalized spacial score (nSPS) is 10.5. The number of carbonyl (C=O) groups excluding carboxylic acids is 1. The van der Waals surface area contributed by atoms with Gasteiger partial charge in [0.2, 0.25) is 0 Å². The lowest BCUT2D eigenvalue weighted by Gasteiger charge is -1.99. The van der Waals surface area contributed by atoms with Crippen molar-refractivity contribution in [3.63, 3.8) is 0 Å². The Morgan fingerprint density at radius 2 is 2.27 bits per heavy atom. The molecule has 0 N–H and O–H groups in total. The van der Waals surface area contributed by atoms with Crippen LogP contribution in [0.2, 0.25) is 0 Å². The van der Waals surface area contributed by atoms with Crippen molar-refractivity contribution in [3.8, 4) is 0 Å². The standard InChI is InChI=1S/C9H11N5O/c1-7(15)8-3-11-14(4-8)5-9-10-6-12-13(9)2/h3-4,6H,5H2,1-2H3. The summed E-state index contributed by atoms with van der Waals surface area (Å²) in [4.78, 5) is 15.1. The number of Topliss-reactive ketones (excluding diaryl/α,β-unsaturated/α-hetero) is 1. The van der Waals surface area contributed by atoms with E-state index in [9.17, 15) is 4.79 Å². The van der Waals surface area contributed by atoms with E-state index in [1.165, 1.54) is 13.3 Å². The van der Waals surface area contributed by atoms with Crippen molar-refractivity contribution in [1.29, 1.82) is 0 Å². The number of aryl methyl sites for hydroxylation is 1. The zero-order valence-corrected chi connectivity index (χ0v) is 8.58. The molecule has 0 amide bonds. The topological polar surface area (TPSA) is 65.6 Å². The quantitative estimate of drug-likeness (QED) is 0.674. The molecule has 6 nitrogen and oxygen atoms in total. The van der Waals surface area contributed by atoms with Crippen LogP contribution in [-0.4, -0.2) is 30.3 Å². The molecule has 78 valence electrons. The minimum absolute atomic E-state index is 0.0132. The number of ketones is 1. The lowest BCUT2D eigenvalue weighted by molar-refractivity contribution is 0.101. The van der Waals surface area contributed by atoms with E-state index in [4.69, 9.17) is 0 Å². The average Bonchev–Trinajstić information content (AvgIpc) is 2.77. The molecular weight excluding hydrogens is 194 g/mol. The van der Waals surface area contributed by atoms with E-state index in [0.29, 0.717) is 12.1 Å². The highest BCUT2D eigenvalue weighted by Gasteiger charge is 2.05. The Morgan fingerprint density at radius 3 is 2.80 bits per heavy atom. The van der Waals surface area contributed by atoms with Crippen molar-refractivity contribution < 1.29 is 4.79 Å². The van der Waals surface area contributed by atoms with Crippen molar-refractivity contribution in [1.82, 2.24) is 24.5 Å². The van der Waals surface area contributed by atoms with E-state index in [-0.39, 0.29) is 5.78 Å². The Hall–Kier alpha value is -1.98. The summed E-state index contributed by atoms with van der Waals surface area (Å²) in [7, 11) is 1.82. The molecule has 0 bridgehead atoms. The van der Waals surface area contributed by atoms with Gasteiger partial charge in [0.15, 0.2) is 5.78 Å². The first-order valence-electron chi connectivity index (χ1n) is 4.53. The Bertz CT molecular complexity index is 484. The molecule has 15 heavy (non-hydrogen) atoms. The van der Waals surface area contributed by atoms with E-state index in [1.54, 1.807) is 21.8 Å². The third kappa shape index (κ3) is 1.93. The summed E-state index contributed by atoms with van der Waals surface area (Å²) in [6.07, 6.45) is 4.75. The number of rotatable bonds is 3. The maximum Gasteiger partial charge on any atom is 0.162 e. The monoisotopic (exact) mass is 205 g/mol. The summed E-state index contributed by atoms with van der Waals surface area (Å²) in [5.41, 5.74) is 0.608. The molecule has 6 heteroatoms. The smallest absolute Gasteiger partial charge is 0.162 e. The molecule has 0 aliphatic rings. The van der Waals surface area contributed by atoms with Crippen LogP contribution in [-0.2, 0) is 13.6 Å². The molecule has 2 rings (SSSR count). The molecule has 2 aromatic heterocycles. The molecule has 0 saturated carbocycles. The first kappa shape index (κ1) is 9.57. The minimum atomic E-state index is 0.0132. The fourth-order valence-corrected chi connectivity index (χ4v) is 1.24. The number of hydrogen-bond donors (Lipinski definition) is 0. The molecule has 2 heterocycles. The van der Waals surface area contributed by atoms with Gasteiger partial charge in [0, 0.05) is 13.2 Å². The highest BCUT2D eigenvalue weighted by atomic mass is 16.1. The molecule has 0 saturated heterocycles. The van der Waals surface area contributed by atoms with Crippen molar-refractivity contribution in [2.45, 2.75) is 13.5 Å². The second kappa shape index (κ2) is 3.64. The number of hydrogen-bond acceptors (Lipinski definition) is 4. The van der Waals surface area contributed by atoms with E-state index in [2.05, 4.69) is 15.2 Å². The average molecular weight is 205 g/mol. The fraction of sp³-hybridized carbons (Fsp3) is 0.333. The van der Waals surface area contributed by atoms with Gasteiger partial charge in [0.25, 0.3) is 0 Å². The van der Waals surface area contributed by atoms with Crippen LogP contribution >= 0.6 is 0 Å². The van der Waals surface area contributed by atoms with Crippen LogP contribution in [0.15, 0.2) is 18.7 Å². The molecule has 0 radical (unpaired) electrons. The Labute approximate surface area is 86.5 Å². The number of aromatic nitrogens is 5. The lowest BCUT2D eigenvalue weighted by atomic mass is 10.3. The van der Waals surface area contributed by atoms with Crippen molar-refractivity contribution >= 4 is 5.78 Å². The predicted octanol–water partition coefficient (Wildman–Crippen LogP) is 0.262. The van der Waals surface area contributed by atoms with Crippen molar-refractivity contribution in [3.05, 3.63) is 30.1 Å². The Kier molecular flexibility index (Phi) is 2.32. The van der Waals surface area contributed by atoms with Gasteiger partial charge in [-0.1, -0.05) is 0 Å². The van der Waals surface area contributed by atoms with Gasteiger partial charge < -0.3 is 0 Å². The van der Waals surface area contributed by atoms with Crippen LogP contribution in [0.5, 0.6) is 0 Å². The van der Waals surface area contributed by atoms with Gasteiger partial charge in [-0.25, -0.2) is 4.98 Å². The molecule has 0 spiro atoms. The van der Waals surface area contributed by atoms with Crippen LogP contribution < -0.4 is 0 Å². The molecule has 2 aromatic rings. The van der Waals surface area contributed by atoms with Gasteiger partial charge >= 0.3 is 0 Å². The van der Waals surface area contributed by atoms with Crippen molar-refractivity contribution in [2.24, 2.45) is 7.05 Å². The molecule has 0 aromatic carbocycles. The van der Waals surface area contributed by atoms with Crippen LogP contribution in [0.1, 0.15) is 23.1 Å². The van der Waals surface area contributed by atoms with Gasteiger partial charge in [-0.05, 0) is 6.92 Å². The van der Waals surface area contributed by atoms with Gasteiger partial charge in [0.05, 0.1) is 11.8 Å². The van der Waals surface area contributed by atoms with Gasteiger partial charge in [-0.15, -0.1) is 0 Å². The summed E-state index contributed by atoms with van der Waals surface area (Å²) in [5.74, 6) is 0.812. The first-order chi connectivity index (χ1) is 7.16. The third-order valence-electron chi connectivity index (χ3n) is 2.15. The van der Waals surface area contributed by atoms with Gasteiger partial charge in [0.1, 0.15) is 18.7 Å². The molecule has 0 unspecified atom stereocenters. The fourth-order valence-electron chi connectivity index (χ4n) is 1.24. The summed E-state index contributed by atoms with van der Waals surface area (Å²) < 4.78 is 3.34. The van der Waals surface area contributed by atoms with Crippen LogP contribution in [0.4, 0.5) is 0 Å². The lowest BCUT2D eigenvalue weighted by Crippen LogP contribution is -2.07. The Morgan fingerprint density at radius 1 is 1.47 bits per heavy atom. The molecular formula is C9H11N5O. The van der Waals surface area contributed by atoms with Crippen LogP contribution in [0, 0.1) is 0 Å². The van der Waals surface area contributed by atoms with Crippen LogP contribution in [0.3, 0.4) is 0 Å².